The Morgan fingerprint density at radius 3 is 3.15 bits per heavy atom. The zero-order valence-electron chi connectivity index (χ0n) is 7.32. The number of aryl methyl sites for hydroxylation is 1. The third-order valence-electron chi connectivity index (χ3n) is 1.82. The summed E-state index contributed by atoms with van der Waals surface area (Å²) < 4.78 is 0. The second kappa shape index (κ2) is 3.43. The molecule has 4 nitrogen and oxygen atoms in total. The molecule has 1 aromatic heterocycles. The van der Waals surface area contributed by atoms with E-state index in [1.807, 2.05) is 6.92 Å². The van der Waals surface area contributed by atoms with Crippen molar-refractivity contribution in [3.63, 3.8) is 0 Å². The summed E-state index contributed by atoms with van der Waals surface area (Å²) in [6, 6.07) is 0. The van der Waals surface area contributed by atoms with Crippen LogP contribution in [0.1, 0.15) is 21.9 Å². The summed E-state index contributed by atoms with van der Waals surface area (Å²) in [5.74, 6) is -0.123. The molecule has 1 saturated heterocycles. The molecule has 0 unspecified atom stereocenters. The van der Waals surface area contributed by atoms with Gasteiger partial charge in [-0.15, -0.1) is 11.3 Å². The molecule has 2 rings (SSSR count). The Kier molecular flexibility index (Phi) is 2.28. The molecule has 5 heteroatoms. The highest BCUT2D eigenvalue weighted by molar-refractivity contribution is 7.09. The van der Waals surface area contributed by atoms with Gasteiger partial charge in [-0.05, 0) is 13.3 Å². The van der Waals surface area contributed by atoms with Crippen LogP contribution in [0, 0.1) is 6.92 Å². The molecule has 1 amide bonds. The van der Waals surface area contributed by atoms with Crippen molar-refractivity contribution in [1.82, 2.24) is 10.0 Å². The highest BCUT2D eigenvalue weighted by Gasteiger charge is 2.22. The minimum absolute atomic E-state index is 0.123. The maximum atomic E-state index is 11.6. The van der Waals surface area contributed by atoms with Gasteiger partial charge in [-0.25, -0.2) is 10.0 Å². The second-order valence-electron chi connectivity index (χ2n) is 2.85. The van der Waals surface area contributed by atoms with Gasteiger partial charge in [-0.1, -0.05) is 0 Å². The smallest absolute Gasteiger partial charge is 0.271 e. The van der Waals surface area contributed by atoms with Crippen molar-refractivity contribution < 1.29 is 9.63 Å². The van der Waals surface area contributed by atoms with Crippen LogP contribution in [0.15, 0.2) is 5.38 Å². The van der Waals surface area contributed by atoms with Crippen molar-refractivity contribution in [3.05, 3.63) is 16.1 Å². The van der Waals surface area contributed by atoms with Crippen LogP contribution in [0.5, 0.6) is 0 Å². The van der Waals surface area contributed by atoms with Gasteiger partial charge in [-0.2, -0.15) is 0 Å². The first-order valence-corrected chi connectivity index (χ1v) is 5.02. The summed E-state index contributed by atoms with van der Waals surface area (Å²) in [6.45, 7) is 3.19. The Morgan fingerprint density at radius 1 is 1.77 bits per heavy atom. The van der Waals surface area contributed by atoms with E-state index in [9.17, 15) is 4.79 Å². The van der Waals surface area contributed by atoms with E-state index >= 15 is 0 Å². The minimum atomic E-state index is -0.123. The fourth-order valence-corrected chi connectivity index (χ4v) is 1.78. The average molecular weight is 198 g/mol. The van der Waals surface area contributed by atoms with E-state index in [-0.39, 0.29) is 5.91 Å². The van der Waals surface area contributed by atoms with Crippen LogP contribution in [0.2, 0.25) is 0 Å². The summed E-state index contributed by atoms with van der Waals surface area (Å²) in [5.41, 5.74) is 0.490. The van der Waals surface area contributed by atoms with Crippen LogP contribution in [-0.4, -0.2) is 29.1 Å². The van der Waals surface area contributed by atoms with E-state index < -0.39 is 0 Å². The van der Waals surface area contributed by atoms with E-state index in [0.29, 0.717) is 18.8 Å². The number of amides is 1. The SMILES string of the molecule is Cc1nc(C(=O)N2CCCO2)cs1. The highest BCUT2D eigenvalue weighted by atomic mass is 32.1. The molecular formula is C8H10N2O2S. The quantitative estimate of drug-likeness (QED) is 0.681. The topological polar surface area (TPSA) is 42.4 Å². The van der Waals surface area contributed by atoms with Crippen molar-refractivity contribution in [2.24, 2.45) is 0 Å². The fourth-order valence-electron chi connectivity index (χ4n) is 1.20. The first-order valence-electron chi connectivity index (χ1n) is 4.14. The van der Waals surface area contributed by atoms with Gasteiger partial charge in [-0.3, -0.25) is 9.63 Å². The fraction of sp³-hybridized carbons (Fsp3) is 0.500. The van der Waals surface area contributed by atoms with Crippen LogP contribution in [0.25, 0.3) is 0 Å². The van der Waals surface area contributed by atoms with Crippen LogP contribution >= 0.6 is 11.3 Å². The molecule has 0 aliphatic carbocycles. The Labute approximate surface area is 80.1 Å². The van der Waals surface area contributed by atoms with Gasteiger partial charge in [0.05, 0.1) is 18.2 Å². The summed E-state index contributed by atoms with van der Waals surface area (Å²) in [7, 11) is 0. The van der Waals surface area contributed by atoms with Crippen molar-refractivity contribution in [2.75, 3.05) is 13.2 Å². The molecule has 1 aliphatic rings. The number of thiazole rings is 1. The molecule has 0 spiro atoms. The Hall–Kier alpha value is -0.940. The molecule has 0 aromatic carbocycles. The number of hydroxylamine groups is 2. The average Bonchev–Trinajstić information content (AvgIpc) is 2.72. The first kappa shape index (κ1) is 8.65. The second-order valence-corrected chi connectivity index (χ2v) is 3.91. The zero-order chi connectivity index (χ0) is 9.26. The molecule has 0 N–H and O–H groups in total. The zero-order valence-corrected chi connectivity index (χ0v) is 8.13. The lowest BCUT2D eigenvalue weighted by Gasteiger charge is -2.11. The molecule has 0 radical (unpaired) electrons. The van der Waals surface area contributed by atoms with Gasteiger partial charge < -0.3 is 0 Å². The molecule has 0 atom stereocenters. The van der Waals surface area contributed by atoms with E-state index in [4.69, 9.17) is 4.84 Å². The summed E-state index contributed by atoms with van der Waals surface area (Å²) in [6.07, 6.45) is 0.912. The van der Waals surface area contributed by atoms with Gasteiger partial charge in [0.15, 0.2) is 0 Å². The van der Waals surface area contributed by atoms with E-state index in [1.54, 1.807) is 5.38 Å². The number of carbonyl (C=O) groups excluding carboxylic acids is 1. The van der Waals surface area contributed by atoms with Crippen molar-refractivity contribution in [1.29, 1.82) is 0 Å². The first-order chi connectivity index (χ1) is 6.27. The highest BCUT2D eigenvalue weighted by Crippen LogP contribution is 2.13. The normalized spacial score (nSPS) is 16.5. The summed E-state index contributed by atoms with van der Waals surface area (Å²) >= 11 is 1.48. The van der Waals surface area contributed by atoms with Crippen molar-refractivity contribution in [2.45, 2.75) is 13.3 Å². The Morgan fingerprint density at radius 2 is 2.62 bits per heavy atom. The number of carbonyl (C=O) groups is 1. The van der Waals surface area contributed by atoms with Gasteiger partial charge in [0.25, 0.3) is 5.91 Å². The molecule has 0 bridgehead atoms. The van der Waals surface area contributed by atoms with Crippen LogP contribution in [0.4, 0.5) is 0 Å². The number of rotatable bonds is 1. The summed E-state index contributed by atoms with van der Waals surface area (Å²) in [5, 5.41) is 4.05. The van der Waals surface area contributed by atoms with E-state index in [1.165, 1.54) is 16.4 Å². The van der Waals surface area contributed by atoms with Crippen LogP contribution < -0.4 is 0 Å². The number of nitrogens with zero attached hydrogens (tertiary/aromatic N) is 2. The van der Waals surface area contributed by atoms with Crippen LogP contribution in [-0.2, 0) is 4.84 Å². The standard InChI is InChI=1S/C8H10N2O2S/c1-6-9-7(5-13-6)8(11)10-3-2-4-12-10/h5H,2-4H2,1H3. The Bertz CT molecular complexity index is 318. The van der Waals surface area contributed by atoms with Gasteiger partial charge in [0.2, 0.25) is 0 Å². The molecule has 0 saturated carbocycles. The lowest BCUT2D eigenvalue weighted by molar-refractivity contribution is -0.0771. The van der Waals surface area contributed by atoms with E-state index in [2.05, 4.69) is 4.98 Å². The largest absolute Gasteiger partial charge is 0.296 e. The minimum Gasteiger partial charge on any atom is -0.271 e. The molecule has 1 fully saturated rings. The molecule has 2 heterocycles. The van der Waals surface area contributed by atoms with Crippen molar-refractivity contribution >= 4 is 17.2 Å². The lowest BCUT2D eigenvalue weighted by Crippen LogP contribution is -2.26. The number of hydrogen-bond acceptors (Lipinski definition) is 4. The molecule has 13 heavy (non-hydrogen) atoms. The van der Waals surface area contributed by atoms with Gasteiger partial charge in [0.1, 0.15) is 5.69 Å². The van der Waals surface area contributed by atoms with Gasteiger partial charge >= 0.3 is 0 Å². The third-order valence-corrected chi connectivity index (χ3v) is 2.59. The van der Waals surface area contributed by atoms with Crippen LogP contribution in [0.3, 0.4) is 0 Å². The third kappa shape index (κ3) is 1.71. The van der Waals surface area contributed by atoms with Crippen molar-refractivity contribution in [3.8, 4) is 0 Å². The molecule has 1 aromatic rings. The maximum absolute atomic E-state index is 11.6. The Balaban J connectivity index is 2.12. The van der Waals surface area contributed by atoms with Gasteiger partial charge in [0, 0.05) is 5.38 Å². The predicted molar refractivity (Wildman–Crippen MR) is 48.5 cm³/mol. The lowest BCUT2D eigenvalue weighted by atomic mass is 10.4. The summed E-state index contributed by atoms with van der Waals surface area (Å²) in [4.78, 5) is 20.8. The monoisotopic (exact) mass is 198 g/mol. The predicted octanol–water partition coefficient (Wildman–Crippen LogP) is 1.23. The number of hydrogen-bond donors (Lipinski definition) is 0. The molecule has 1 aliphatic heterocycles. The molecule has 70 valence electrons. The maximum Gasteiger partial charge on any atom is 0.296 e. The molecular weight excluding hydrogens is 188 g/mol. The number of aromatic nitrogens is 1. The van der Waals surface area contributed by atoms with E-state index in [0.717, 1.165) is 11.4 Å².